The quantitative estimate of drug-likeness (QED) is 0.411. The second kappa shape index (κ2) is 6.93. The van der Waals surface area contributed by atoms with Crippen LogP contribution in [0.15, 0.2) is 22.7 Å². The fourth-order valence-electron chi connectivity index (χ4n) is 0.501. The third-order valence-corrected chi connectivity index (χ3v) is 1.59. The Morgan fingerprint density at radius 3 is 2.55 bits per heavy atom. The van der Waals surface area contributed by atoms with Crippen molar-refractivity contribution in [3.63, 3.8) is 0 Å². The molecule has 0 aliphatic rings. The van der Waals surface area contributed by atoms with Crippen molar-refractivity contribution in [2.75, 3.05) is 0 Å². The average Bonchev–Trinajstić information content (AvgIpc) is 1.89. The summed E-state index contributed by atoms with van der Waals surface area (Å²) in [6.07, 6.45) is 0. The molecule has 0 radical (unpaired) electrons. The molecule has 0 fully saturated rings. The zero-order valence-corrected chi connectivity index (χ0v) is 9.40. The topological polar surface area (TPSA) is 23.8 Å². The van der Waals surface area contributed by atoms with Gasteiger partial charge in [0.25, 0.3) is 0 Å². The minimum Gasteiger partial charge on any atom is -1.00 e. The van der Waals surface area contributed by atoms with Gasteiger partial charge in [0.05, 0.1) is 6.07 Å². The Morgan fingerprint density at radius 2 is 2.18 bits per heavy atom. The van der Waals surface area contributed by atoms with E-state index in [4.69, 9.17) is 5.26 Å². The molecule has 11 heavy (non-hydrogen) atoms. The second-order valence-corrected chi connectivity index (χ2v) is 2.37. The molecule has 0 saturated carbocycles. The van der Waals surface area contributed by atoms with E-state index in [9.17, 15) is 0 Å². The predicted molar refractivity (Wildman–Crippen MR) is 43.4 cm³/mol. The Balaban J connectivity index is 0. The van der Waals surface area contributed by atoms with Gasteiger partial charge in [-0.3, -0.25) is 0 Å². The van der Waals surface area contributed by atoms with Crippen molar-refractivity contribution < 1.29 is 12.4 Å². The predicted octanol–water partition coefficient (Wildman–Crippen LogP) is -1.26. The van der Waals surface area contributed by atoms with Crippen LogP contribution in [0.1, 0.15) is 5.56 Å². The van der Waals surface area contributed by atoms with Gasteiger partial charge in [0.2, 0.25) is 0 Å². The van der Waals surface area contributed by atoms with Crippen LogP contribution in [0, 0.1) is 17.4 Å². The van der Waals surface area contributed by atoms with Crippen LogP contribution in [0.3, 0.4) is 0 Å². The van der Waals surface area contributed by atoms with Gasteiger partial charge in [0, 0.05) is 0 Å². The zero-order valence-electron chi connectivity index (χ0n) is 5.64. The summed E-state index contributed by atoms with van der Waals surface area (Å²) < 4.78 is 0.799. The smallest absolute Gasteiger partial charge is 1.00 e. The summed E-state index contributed by atoms with van der Waals surface area (Å²) in [5.74, 6) is 0. The van der Waals surface area contributed by atoms with E-state index in [0.717, 1.165) is 4.47 Å². The Morgan fingerprint density at radius 1 is 1.55 bits per heavy atom. The van der Waals surface area contributed by atoms with Gasteiger partial charge in [-0.2, -0.15) is 29.5 Å². The number of nitrogens with zero attached hydrogens (tertiary/aromatic N) is 1. The van der Waals surface area contributed by atoms with Crippen molar-refractivity contribution in [3.05, 3.63) is 34.3 Å². The van der Waals surface area contributed by atoms with Crippen LogP contribution < -0.4 is 12.4 Å². The van der Waals surface area contributed by atoms with Crippen molar-refractivity contribution in [1.82, 2.24) is 0 Å². The van der Waals surface area contributed by atoms with Gasteiger partial charge in [-0.15, -0.1) is 15.9 Å². The van der Waals surface area contributed by atoms with E-state index in [1.54, 1.807) is 18.2 Å². The van der Waals surface area contributed by atoms with E-state index in [2.05, 4.69) is 22.0 Å². The summed E-state index contributed by atoms with van der Waals surface area (Å²) in [6.45, 7) is 0. The van der Waals surface area contributed by atoms with Gasteiger partial charge < -0.3 is 12.4 Å². The van der Waals surface area contributed by atoms with E-state index in [0.29, 0.717) is 5.56 Å². The van der Waals surface area contributed by atoms with Crippen LogP contribution in [-0.4, -0.2) is 23.1 Å². The summed E-state index contributed by atoms with van der Waals surface area (Å²) in [7, 11) is 0. The summed E-state index contributed by atoms with van der Waals surface area (Å²) >= 11 is 3.20. The van der Waals surface area contributed by atoms with Gasteiger partial charge in [-0.1, -0.05) is 4.47 Å². The molecule has 0 saturated heterocycles. The van der Waals surface area contributed by atoms with Crippen molar-refractivity contribution in [1.29, 1.82) is 5.26 Å². The number of hydrogen-bond donors (Lipinski definition) is 0. The number of nitriles is 1. The Kier molecular flexibility index (Phi) is 8.70. The van der Waals surface area contributed by atoms with Crippen LogP contribution >= 0.6 is 15.9 Å². The van der Waals surface area contributed by atoms with Gasteiger partial charge >= 0.3 is 23.1 Å². The van der Waals surface area contributed by atoms with Crippen molar-refractivity contribution in [2.45, 2.75) is 0 Å². The molecule has 0 aliphatic heterocycles. The molecule has 0 N–H and O–H groups in total. The van der Waals surface area contributed by atoms with Crippen LogP contribution in [0.25, 0.3) is 0 Å². The van der Waals surface area contributed by atoms with E-state index < -0.39 is 0 Å². The normalized spacial score (nSPS) is 6.91. The van der Waals surface area contributed by atoms with Crippen LogP contribution in [0.2, 0.25) is 0 Å². The fourth-order valence-corrected chi connectivity index (χ4v) is 0.854. The standard InChI is InChI=1S/C7H3BrN.ClH.Mg/c8-7-4-2-1-3-6(7)5-9;;/h1,3-4H;1H;/q-1;;+2/p-1. The molecule has 0 unspecified atom stereocenters. The molecule has 0 amide bonds. The Hall–Kier alpha value is 0.246. The van der Waals surface area contributed by atoms with Crippen molar-refractivity contribution >= 4 is 39.0 Å². The maximum absolute atomic E-state index is 8.42. The van der Waals surface area contributed by atoms with Gasteiger partial charge in [0.15, 0.2) is 0 Å². The molecule has 0 atom stereocenters. The minimum atomic E-state index is 0. The second-order valence-electron chi connectivity index (χ2n) is 1.52. The van der Waals surface area contributed by atoms with Crippen LogP contribution in [-0.2, 0) is 0 Å². The Labute approximate surface area is 96.5 Å². The van der Waals surface area contributed by atoms with Crippen LogP contribution in [0.5, 0.6) is 0 Å². The molecule has 1 aromatic rings. The van der Waals surface area contributed by atoms with Crippen molar-refractivity contribution in [3.8, 4) is 6.07 Å². The average molecular weight is 241 g/mol. The molecule has 1 nitrogen and oxygen atoms in total. The first-order chi connectivity index (χ1) is 4.34. The zero-order chi connectivity index (χ0) is 6.69. The molecular weight excluding hydrogens is 238 g/mol. The molecular formula is C7H3BrClMgN. The monoisotopic (exact) mass is 239 g/mol. The maximum atomic E-state index is 8.42. The van der Waals surface area contributed by atoms with E-state index in [-0.39, 0.29) is 35.5 Å². The third-order valence-electron chi connectivity index (χ3n) is 0.934. The van der Waals surface area contributed by atoms with Crippen molar-refractivity contribution in [2.24, 2.45) is 0 Å². The molecule has 52 valence electrons. The number of halogens is 2. The summed E-state index contributed by atoms with van der Waals surface area (Å²) in [4.78, 5) is 0. The van der Waals surface area contributed by atoms with Gasteiger partial charge in [0.1, 0.15) is 0 Å². The summed E-state index contributed by atoms with van der Waals surface area (Å²) in [6, 6.07) is 10.0. The van der Waals surface area contributed by atoms with E-state index in [1.165, 1.54) is 0 Å². The third kappa shape index (κ3) is 3.97. The largest absolute Gasteiger partial charge is 2.00 e. The first-order valence-corrected chi connectivity index (χ1v) is 3.19. The Bertz CT molecular complexity index is 259. The molecule has 0 bridgehead atoms. The number of hydrogen-bond acceptors (Lipinski definition) is 1. The van der Waals surface area contributed by atoms with E-state index >= 15 is 0 Å². The maximum Gasteiger partial charge on any atom is 2.00 e. The molecule has 0 spiro atoms. The molecule has 0 aliphatic carbocycles. The van der Waals surface area contributed by atoms with E-state index in [1.807, 2.05) is 6.07 Å². The minimum absolute atomic E-state index is 0. The summed E-state index contributed by atoms with van der Waals surface area (Å²) in [5.41, 5.74) is 0.647. The molecule has 0 heterocycles. The molecule has 1 aromatic carbocycles. The number of benzene rings is 1. The van der Waals surface area contributed by atoms with Crippen LogP contribution in [0.4, 0.5) is 0 Å². The first kappa shape index (κ1) is 13.8. The molecule has 4 heteroatoms. The van der Waals surface area contributed by atoms with Gasteiger partial charge in [-0.25, -0.2) is 0 Å². The summed E-state index contributed by atoms with van der Waals surface area (Å²) in [5, 5.41) is 8.42. The first-order valence-electron chi connectivity index (χ1n) is 2.40. The SMILES string of the molecule is N#Cc1cc[c-]cc1Br.[Cl-].[Mg+2]. The number of rotatable bonds is 0. The van der Waals surface area contributed by atoms with Gasteiger partial charge in [-0.05, 0) is 5.56 Å². The molecule has 0 aromatic heterocycles. The molecule has 1 rings (SSSR count). The fraction of sp³-hybridized carbons (Fsp3) is 0.